The maximum Gasteiger partial charge on any atom is 0.270 e. The first-order valence-electron chi connectivity index (χ1n) is 7.63. The standard InChI is InChI=1S/C18H16N2O6/c1-9-4-11(20(23)24)5-10(17(9)21)6-13-12-7-15(25-2)16(26-3)8-14(12)19-18(13)22/h4-8,21H,1-3H3,(H,19,22)/b13-6+. The van der Waals surface area contributed by atoms with Crippen molar-refractivity contribution in [1.29, 1.82) is 0 Å². The Morgan fingerprint density at radius 3 is 2.42 bits per heavy atom. The highest BCUT2D eigenvalue weighted by Gasteiger charge is 2.27. The maximum absolute atomic E-state index is 12.4. The zero-order chi connectivity index (χ0) is 19.0. The minimum Gasteiger partial charge on any atom is -0.507 e. The Hall–Kier alpha value is -3.55. The third kappa shape index (κ3) is 2.81. The molecule has 0 bridgehead atoms. The van der Waals surface area contributed by atoms with E-state index in [0.29, 0.717) is 28.3 Å². The van der Waals surface area contributed by atoms with Gasteiger partial charge in [0.05, 0.1) is 24.8 Å². The molecule has 1 amide bonds. The number of carbonyl (C=O) groups is 1. The van der Waals surface area contributed by atoms with E-state index in [1.165, 1.54) is 32.4 Å². The van der Waals surface area contributed by atoms with Gasteiger partial charge in [-0.25, -0.2) is 0 Å². The van der Waals surface area contributed by atoms with Crippen LogP contribution in [0.4, 0.5) is 11.4 Å². The molecule has 2 aromatic carbocycles. The molecule has 8 heteroatoms. The number of carbonyl (C=O) groups excluding carboxylic acids is 1. The van der Waals surface area contributed by atoms with Gasteiger partial charge in [0.2, 0.25) is 0 Å². The number of fused-ring (bicyclic) bond motifs is 1. The summed E-state index contributed by atoms with van der Waals surface area (Å²) in [5.41, 5.74) is 1.70. The molecular formula is C18H16N2O6. The summed E-state index contributed by atoms with van der Waals surface area (Å²) in [6, 6.07) is 5.76. The van der Waals surface area contributed by atoms with Crippen molar-refractivity contribution in [2.24, 2.45) is 0 Å². The average molecular weight is 356 g/mol. The van der Waals surface area contributed by atoms with Gasteiger partial charge < -0.3 is 19.9 Å². The molecule has 0 radical (unpaired) electrons. The number of amides is 1. The summed E-state index contributed by atoms with van der Waals surface area (Å²) in [4.78, 5) is 22.9. The number of benzene rings is 2. The van der Waals surface area contributed by atoms with Gasteiger partial charge in [-0.15, -0.1) is 0 Å². The SMILES string of the molecule is COc1cc2c(cc1OC)/C(=C\c1cc([N+](=O)[O-])cc(C)c1O)C(=O)N2. The van der Waals surface area contributed by atoms with Gasteiger partial charge in [-0.2, -0.15) is 0 Å². The minimum atomic E-state index is -0.551. The number of non-ortho nitro benzene ring substituents is 1. The van der Waals surface area contributed by atoms with Crippen LogP contribution in [0.2, 0.25) is 0 Å². The van der Waals surface area contributed by atoms with E-state index in [-0.39, 0.29) is 28.5 Å². The van der Waals surface area contributed by atoms with Gasteiger partial charge in [-0.3, -0.25) is 14.9 Å². The average Bonchev–Trinajstić information content (AvgIpc) is 2.91. The lowest BCUT2D eigenvalue weighted by molar-refractivity contribution is -0.384. The van der Waals surface area contributed by atoms with Crippen LogP contribution < -0.4 is 14.8 Å². The molecule has 1 aliphatic rings. The summed E-state index contributed by atoms with van der Waals surface area (Å²) in [6.45, 7) is 1.56. The molecule has 0 spiro atoms. The number of aromatic hydroxyl groups is 1. The van der Waals surface area contributed by atoms with E-state index < -0.39 is 4.92 Å². The number of aryl methyl sites for hydroxylation is 1. The molecule has 26 heavy (non-hydrogen) atoms. The van der Waals surface area contributed by atoms with Crippen LogP contribution in [0.5, 0.6) is 17.2 Å². The van der Waals surface area contributed by atoms with Crippen LogP contribution in [0.25, 0.3) is 11.6 Å². The van der Waals surface area contributed by atoms with E-state index in [2.05, 4.69) is 5.32 Å². The predicted molar refractivity (Wildman–Crippen MR) is 95.5 cm³/mol. The fourth-order valence-corrected chi connectivity index (χ4v) is 2.82. The van der Waals surface area contributed by atoms with E-state index in [1.54, 1.807) is 19.1 Å². The molecule has 0 unspecified atom stereocenters. The Kier molecular flexibility index (Phi) is 4.25. The van der Waals surface area contributed by atoms with Gasteiger partial charge in [0.15, 0.2) is 11.5 Å². The lowest BCUT2D eigenvalue weighted by atomic mass is 10.0. The fourth-order valence-electron chi connectivity index (χ4n) is 2.82. The zero-order valence-corrected chi connectivity index (χ0v) is 14.3. The Balaban J connectivity index is 2.18. The van der Waals surface area contributed by atoms with E-state index in [9.17, 15) is 20.0 Å². The van der Waals surface area contributed by atoms with Gasteiger partial charge >= 0.3 is 0 Å². The van der Waals surface area contributed by atoms with E-state index in [1.807, 2.05) is 0 Å². The normalized spacial score (nSPS) is 14.1. The second kappa shape index (κ2) is 6.40. The number of hydrogen-bond acceptors (Lipinski definition) is 6. The smallest absolute Gasteiger partial charge is 0.270 e. The van der Waals surface area contributed by atoms with Crippen molar-refractivity contribution in [3.63, 3.8) is 0 Å². The largest absolute Gasteiger partial charge is 0.507 e. The zero-order valence-electron chi connectivity index (χ0n) is 14.3. The molecule has 8 nitrogen and oxygen atoms in total. The molecule has 0 saturated heterocycles. The van der Waals surface area contributed by atoms with Crippen LogP contribution in [0.15, 0.2) is 24.3 Å². The number of phenolic OH excluding ortho intramolecular Hbond substituents is 1. The quantitative estimate of drug-likeness (QED) is 0.495. The first-order chi connectivity index (χ1) is 12.3. The van der Waals surface area contributed by atoms with Crippen LogP contribution in [0, 0.1) is 17.0 Å². The third-order valence-electron chi connectivity index (χ3n) is 4.13. The molecule has 0 aliphatic carbocycles. The van der Waals surface area contributed by atoms with Crippen LogP contribution >= 0.6 is 0 Å². The highest BCUT2D eigenvalue weighted by Crippen LogP contribution is 2.42. The van der Waals surface area contributed by atoms with Crippen LogP contribution in [-0.4, -0.2) is 30.2 Å². The second-order valence-electron chi connectivity index (χ2n) is 5.72. The number of phenols is 1. The molecule has 0 atom stereocenters. The lowest BCUT2D eigenvalue weighted by Gasteiger charge is -2.10. The molecule has 0 aromatic heterocycles. The number of nitrogens with zero attached hydrogens (tertiary/aromatic N) is 1. The summed E-state index contributed by atoms with van der Waals surface area (Å²) < 4.78 is 10.5. The molecule has 2 aromatic rings. The molecule has 3 rings (SSSR count). The number of methoxy groups -OCH3 is 2. The van der Waals surface area contributed by atoms with Crippen molar-refractivity contribution in [3.8, 4) is 17.2 Å². The van der Waals surface area contributed by atoms with Crippen LogP contribution in [0.1, 0.15) is 16.7 Å². The summed E-state index contributed by atoms with van der Waals surface area (Å²) in [5, 5.41) is 24.0. The van der Waals surface area contributed by atoms with Gasteiger partial charge in [0.25, 0.3) is 11.6 Å². The van der Waals surface area contributed by atoms with Crippen molar-refractivity contribution in [2.75, 3.05) is 19.5 Å². The van der Waals surface area contributed by atoms with E-state index in [4.69, 9.17) is 9.47 Å². The first kappa shape index (κ1) is 17.3. The van der Waals surface area contributed by atoms with Crippen LogP contribution in [0.3, 0.4) is 0 Å². The van der Waals surface area contributed by atoms with Gasteiger partial charge in [0.1, 0.15) is 5.75 Å². The number of rotatable bonds is 4. The monoisotopic (exact) mass is 356 g/mol. The molecular weight excluding hydrogens is 340 g/mol. The molecule has 0 fully saturated rings. The van der Waals surface area contributed by atoms with E-state index in [0.717, 1.165) is 0 Å². The third-order valence-corrected chi connectivity index (χ3v) is 4.13. The Morgan fingerprint density at radius 1 is 1.15 bits per heavy atom. The highest BCUT2D eigenvalue weighted by molar-refractivity contribution is 6.35. The van der Waals surface area contributed by atoms with Crippen LogP contribution in [-0.2, 0) is 4.79 Å². The number of nitro groups is 1. The summed E-state index contributed by atoms with van der Waals surface area (Å²) in [7, 11) is 2.97. The Labute approximate surface area is 148 Å². The minimum absolute atomic E-state index is 0.121. The molecule has 1 heterocycles. The van der Waals surface area contributed by atoms with E-state index >= 15 is 0 Å². The summed E-state index contributed by atoms with van der Waals surface area (Å²) >= 11 is 0. The summed E-state index contributed by atoms with van der Waals surface area (Å²) in [6.07, 6.45) is 1.42. The van der Waals surface area contributed by atoms with Crippen molar-refractivity contribution in [3.05, 3.63) is 51.1 Å². The fraction of sp³-hybridized carbons (Fsp3) is 0.167. The topological polar surface area (TPSA) is 111 Å². The second-order valence-corrected chi connectivity index (χ2v) is 5.72. The highest BCUT2D eigenvalue weighted by atomic mass is 16.6. The predicted octanol–water partition coefficient (Wildman–Crippen LogP) is 3.12. The van der Waals surface area contributed by atoms with Gasteiger partial charge in [0, 0.05) is 34.9 Å². The molecule has 2 N–H and O–H groups in total. The number of anilines is 1. The molecule has 1 aliphatic heterocycles. The molecule has 134 valence electrons. The number of ether oxygens (including phenoxy) is 2. The Bertz CT molecular complexity index is 965. The van der Waals surface area contributed by atoms with Crippen molar-refractivity contribution < 1.29 is 24.3 Å². The summed E-state index contributed by atoms with van der Waals surface area (Å²) in [5.74, 6) is 0.388. The number of hydrogen-bond donors (Lipinski definition) is 2. The van der Waals surface area contributed by atoms with Gasteiger partial charge in [-0.05, 0) is 24.6 Å². The van der Waals surface area contributed by atoms with Crippen molar-refractivity contribution >= 4 is 28.9 Å². The maximum atomic E-state index is 12.4. The first-order valence-corrected chi connectivity index (χ1v) is 7.63. The van der Waals surface area contributed by atoms with Crippen molar-refractivity contribution in [2.45, 2.75) is 6.92 Å². The Morgan fingerprint density at radius 2 is 1.81 bits per heavy atom. The number of nitro benzene ring substituents is 1. The lowest BCUT2D eigenvalue weighted by Crippen LogP contribution is -2.03. The van der Waals surface area contributed by atoms with Gasteiger partial charge in [-0.1, -0.05) is 0 Å². The molecule has 0 saturated carbocycles. The van der Waals surface area contributed by atoms with Crippen molar-refractivity contribution in [1.82, 2.24) is 0 Å². The number of nitrogens with one attached hydrogen (secondary N) is 1.